The maximum atomic E-state index is 2.44. The van der Waals surface area contributed by atoms with Gasteiger partial charge >= 0.3 is 0 Å². The van der Waals surface area contributed by atoms with Gasteiger partial charge in [-0.2, -0.15) is 0 Å². The summed E-state index contributed by atoms with van der Waals surface area (Å²) in [5.41, 5.74) is 20.0. The molecule has 2 aliphatic carbocycles. The van der Waals surface area contributed by atoms with E-state index in [1.165, 1.54) is 105 Å². The number of aryl methyl sites for hydroxylation is 10. The van der Waals surface area contributed by atoms with E-state index >= 15 is 0 Å². The molecule has 0 aliphatic heterocycles. The van der Waals surface area contributed by atoms with Gasteiger partial charge in [0.25, 0.3) is 0 Å². The van der Waals surface area contributed by atoms with Crippen LogP contribution in [0, 0.1) is 13.8 Å². The molecule has 0 radical (unpaired) electrons. The monoisotopic (exact) mass is 596 g/mol. The van der Waals surface area contributed by atoms with Crippen LogP contribution in [0.25, 0.3) is 33.0 Å². The molecule has 228 valence electrons. The number of benzene rings is 6. The molecule has 0 nitrogen and oxygen atoms in total. The highest BCUT2D eigenvalue weighted by atomic mass is 14.2. The third kappa shape index (κ3) is 5.94. The lowest BCUT2D eigenvalue weighted by Gasteiger charge is -2.19. The Morgan fingerprint density at radius 3 is 1.11 bits per heavy atom. The first kappa shape index (κ1) is 29.0. The molecule has 0 fully saturated rings. The van der Waals surface area contributed by atoms with Crippen LogP contribution in [0.1, 0.15) is 68.5 Å². The van der Waals surface area contributed by atoms with E-state index in [1.807, 2.05) is 0 Å². The van der Waals surface area contributed by atoms with Crippen molar-refractivity contribution in [1.82, 2.24) is 0 Å². The largest absolute Gasteiger partial charge is 0.0588 e. The van der Waals surface area contributed by atoms with Gasteiger partial charge in [0.05, 0.1) is 0 Å². The SMILES string of the molecule is Cc1cc(-c2ccc(CCCc3ccc4c(c3)CC4)cc2)c2cc(C)cc(-c3ccc(CCCc4ccc5c(c4)CC5)cc3)c2c1. The second-order valence-corrected chi connectivity index (χ2v) is 14.0. The van der Waals surface area contributed by atoms with Crippen LogP contribution in [0.4, 0.5) is 0 Å². The van der Waals surface area contributed by atoms with Crippen molar-refractivity contribution >= 4 is 10.8 Å². The van der Waals surface area contributed by atoms with E-state index in [9.17, 15) is 0 Å². The summed E-state index contributed by atoms with van der Waals surface area (Å²) < 4.78 is 0. The fourth-order valence-corrected chi connectivity index (χ4v) is 7.73. The van der Waals surface area contributed by atoms with E-state index in [0.29, 0.717) is 0 Å². The zero-order valence-electron chi connectivity index (χ0n) is 27.5. The van der Waals surface area contributed by atoms with Crippen LogP contribution in [-0.4, -0.2) is 0 Å². The summed E-state index contributed by atoms with van der Waals surface area (Å²) in [6.07, 6.45) is 12.0. The molecule has 0 saturated heterocycles. The van der Waals surface area contributed by atoms with Crippen molar-refractivity contribution in [3.63, 3.8) is 0 Å². The first-order valence-corrected chi connectivity index (χ1v) is 17.5. The fourth-order valence-electron chi connectivity index (χ4n) is 7.73. The minimum Gasteiger partial charge on any atom is -0.0588 e. The van der Waals surface area contributed by atoms with Crippen molar-refractivity contribution < 1.29 is 0 Å². The molecule has 0 heteroatoms. The molecule has 0 bridgehead atoms. The molecule has 0 unspecified atom stereocenters. The van der Waals surface area contributed by atoms with Crippen molar-refractivity contribution in [2.45, 2.75) is 78.1 Å². The van der Waals surface area contributed by atoms with Crippen molar-refractivity contribution in [2.75, 3.05) is 0 Å². The molecular weight excluding hydrogens is 553 g/mol. The summed E-state index contributed by atoms with van der Waals surface area (Å²) in [4.78, 5) is 0. The second-order valence-electron chi connectivity index (χ2n) is 14.0. The topological polar surface area (TPSA) is 0 Å². The van der Waals surface area contributed by atoms with Crippen LogP contribution in [0.3, 0.4) is 0 Å². The van der Waals surface area contributed by atoms with Gasteiger partial charge in [-0.25, -0.2) is 0 Å². The van der Waals surface area contributed by atoms with Gasteiger partial charge in [-0.15, -0.1) is 0 Å². The molecule has 8 rings (SSSR count). The van der Waals surface area contributed by atoms with Gasteiger partial charge in [0.15, 0.2) is 0 Å². The number of hydrogen-bond acceptors (Lipinski definition) is 0. The van der Waals surface area contributed by atoms with Crippen molar-refractivity contribution in [2.24, 2.45) is 0 Å². The standard InChI is InChI=1S/C46H44/c1-31-25-43(39-17-9-33(10-18-39)5-3-7-35-13-15-37-21-23-41(37)29-35)46-28-32(2)26-44(45(46)27-31)40-19-11-34(12-20-40)6-4-8-36-14-16-38-22-24-42(38)30-36/h9-20,25-30H,3-8,21-24H2,1-2H3. The molecule has 2 aliphatic rings. The van der Waals surface area contributed by atoms with Gasteiger partial charge in [0.1, 0.15) is 0 Å². The van der Waals surface area contributed by atoms with E-state index in [0.717, 1.165) is 25.7 Å². The quantitative estimate of drug-likeness (QED) is 0.148. The number of rotatable bonds is 10. The van der Waals surface area contributed by atoms with E-state index in [-0.39, 0.29) is 0 Å². The maximum Gasteiger partial charge on any atom is -0.00963 e. The molecule has 0 spiro atoms. The van der Waals surface area contributed by atoms with E-state index < -0.39 is 0 Å². The Labute approximate surface area is 275 Å². The highest BCUT2D eigenvalue weighted by Crippen LogP contribution is 2.37. The molecular formula is C46H44. The van der Waals surface area contributed by atoms with Crippen molar-refractivity contribution in [3.05, 3.63) is 165 Å². The molecule has 6 aromatic carbocycles. The highest BCUT2D eigenvalue weighted by Gasteiger charge is 2.15. The third-order valence-electron chi connectivity index (χ3n) is 10.6. The Hall–Kier alpha value is -4.42. The summed E-state index contributed by atoms with van der Waals surface area (Å²) >= 11 is 0. The van der Waals surface area contributed by atoms with Crippen molar-refractivity contribution in [3.8, 4) is 22.3 Å². The Morgan fingerprint density at radius 1 is 0.370 bits per heavy atom. The molecule has 0 saturated carbocycles. The normalized spacial score (nSPS) is 13.2. The van der Waals surface area contributed by atoms with E-state index in [2.05, 4.69) is 123 Å². The summed E-state index contributed by atoms with van der Waals surface area (Å²) in [7, 11) is 0. The maximum absolute atomic E-state index is 2.44. The first-order valence-electron chi connectivity index (χ1n) is 17.5. The van der Waals surface area contributed by atoms with Gasteiger partial charge in [-0.1, -0.05) is 109 Å². The Balaban J connectivity index is 0.978. The summed E-state index contributed by atoms with van der Waals surface area (Å²) in [6.45, 7) is 4.47. The Morgan fingerprint density at radius 2 is 0.739 bits per heavy atom. The second kappa shape index (κ2) is 12.4. The molecule has 46 heavy (non-hydrogen) atoms. The van der Waals surface area contributed by atoms with Crippen LogP contribution in [0.2, 0.25) is 0 Å². The van der Waals surface area contributed by atoms with Gasteiger partial charge in [0.2, 0.25) is 0 Å². The van der Waals surface area contributed by atoms with E-state index in [1.54, 1.807) is 22.3 Å². The molecule has 0 aromatic heterocycles. The average molecular weight is 597 g/mol. The number of fused-ring (bicyclic) bond motifs is 3. The van der Waals surface area contributed by atoms with Crippen LogP contribution in [-0.2, 0) is 51.4 Å². The van der Waals surface area contributed by atoms with Gasteiger partial charge in [0, 0.05) is 0 Å². The van der Waals surface area contributed by atoms with E-state index in [4.69, 9.17) is 0 Å². The fraction of sp³-hybridized carbons (Fsp3) is 0.261. The van der Waals surface area contributed by atoms with Crippen LogP contribution < -0.4 is 0 Å². The number of hydrogen-bond donors (Lipinski definition) is 0. The lowest BCUT2D eigenvalue weighted by Crippen LogP contribution is -2.08. The highest BCUT2D eigenvalue weighted by molar-refractivity contribution is 6.05. The third-order valence-corrected chi connectivity index (χ3v) is 10.6. The minimum atomic E-state index is 1.12. The predicted octanol–water partition coefficient (Wildman–Crippen LogP) is 11.3. The van der Waals surface area contributed by atoms with Crippen LogP contribution in [0.5, 0.6) is 0 Å². The molecule has 6 aromatic rings. The van der Waals surface area contributed by atoms with Crippen molar-refractivity contribution in [1.29, 1.82) is 0 Å². The van der Waals surface area contributed by atoms with Crippen LogP contribution >= 0.6 is 0 Å². The molecule has 0 heterocycles. The summed E-state index contributed by atoms with van der Waals surface area (Å²) in [5, 5.41) is 2.69. The molecule has 0 amide bonds. The predicted molar refractivity (Wildman–Crippen MR) is 196 cm³/mol. The Bertz CT molecular complexity index is 1890. The first-order chi connectivity index (χ1) is 22.6. The van der Waals surface area contributed by atoms with Gasteiger partial charge in [-0.05, 0) is 167 Å². The minimum absolute atomic E-state index is 1.12. The lowest BCUT2D eigenvalue weighted by atomic mass is 9.86. The summed E-state index contributed by atoms with van der Waals surface area (Å²) in [6, 6.07) is 42.5. The average Bonchev–Trinajstić information content (AvgIpc) is 3.04. The molecule has 0 N–H and O–H groups in total. The van der Waals surface area contributed by atoms with Crippen LogP contribution in [0.15, 0.2) is 109 Å². The smallest absolute Gasteiger partial charge is 0.00963 e. The zero-order chi connectivity index (χ0) is 31.0. The lowest BCUT2D eigenvalue weighted by molar-refractivity contribution is 0.799. The zero-order valence-corrected chi connectivity index (χ0v) is 27.5. The van der Waals surface area contributed by atoms with Gasteiger partial charge < -0.3 is 0 Å². The molecule has 0 atom stereocenters. The Kier molecular flexibility index (Phi) is 7.83. The van der Waals surface area contributed by atoms with Gasteiger partial charge in [-0.3, -0.25) is 0 Å². The summed E-state index contributed by atoms with van der Waals surface area (Å²) in [5.74, 6) is 0.